The first-order chi connectivity index (χ1) is 10.3. The Morgan fingerprint density at radius 1 is 1.57 bits per heavy atom. The van der Waals surface area contributed by atoms with E-state index in [0.29, 0.717) is 12.5 Å². The molecule has 3 heterocycles. The van der Waals surface area contributed by atoms with Gasteiger partial charge in [-0.1, -0.05) is 6.92 Å². The zero-order valence-electron chi connectivity index (χ0n) is 12.4. The largest absolute Gasteiger partial charge is 0.354 e. The van der Waals surface area contributed by atoms with Gasteiger partial charge in [-0.25, -0.2) is 4.98 Å². The molecule has 1 aliphatic heterocycles. The molecule has 1 atom stereocenters. The maximum atomic E-state index is 12.1. The maximum Gasteiger partial charge on any atom is 0.225 e. The summed E-state index contributed by atoms with van der Waals surface area (Å²) in [6, 6.07) is 6.40. The maximum absolute atomic E-state index is 12.1. The Hall–Kier alpha value is -1.88. The van der Waals surface area contributed by atoms with Gasteiger partial charge in [-0.2, -0.15) is 0 Å². The Balaban J connectivity index is 1.54. The van der Waals surface area contributed by atoms with E-state index in [2.05, 4.69) is 27.1 Å². The summed E-state index contributed by atoms with van der Waals surface area (Å²) in [6.07, 6.45) is 4.56. The van der Waals surface area contributed by atoms with E-state index in [0.717, 1.165) is 36.4 Å². The minimum absolute atomic E-state index is 0.0736. The summed E-state index contributed by atoms with van der Waals surface area (Å²) in [5.41, 5.74) is 1.76. The number of likely N-dealkylation sites (tertiary alicyclic amines) is 1. The molecule has 0 radical (unpaired) electrons. The van der Waals surface area contributed by atoms with Crippen molar-refractivity contribution in [3.8, 4) is 0 Å². The smallest absolute Gasteiger partial charge is 0.225 e. The van der Waals surface area contributed by atoms with Gasteiger partial charge in [0.15, 0.2) is 0 Å². The highest BCUT2D eigenvalue weighted by Gasteiger charge is 2.23. The minimum atomic E-state index is 0.0736. The monoisotopic (exact) mass is 286 g/mol. The van der Waals surface area contributed by atoms with Crippen LogP contribution < -0.4 is 5.32 Å². The van der Waals surface area contributed by atoms with E-state index in [1.807, 2.05) is 18.2 Å². The SMILES string of the molecule is CCN1CCCC1CNC(=O)Cc1cc2cccnc2[nH]1. The topological polar surface area (TPSA) is 61.0 Å². The number of hydrogen-bond donors (Lipinski definition) is 2. The van der Waals surface area contributed by atoms with Crippen molar-refractivity contribution >= 4 is 16.9 Å². The third kappa shape index (κ3) is 3.24. The number of amides is 1. The summed E-state index contributed by atoms with van der Waals surface area (Å²) in [7, 11) is 0. The second-order valence-corrected chi connectivity index (χ2v) is 5.64. The lowest BCUT2D eigenvalue weighted by Gasteiger charge is -2.22. The summed E-state index contributed by atoms with van der Waals surface area (Å²) >= 11 is 0. The predicted octanol–water partition coefficient (Wildman–Crippen LogP) is 1.71. The highest BCUT2D eigenvalue weighted by molar-refractivity contribution is 5.82. The van der Waals surface area contributed by atoms with Gasteiger partial charge >= 0.3 is 0 Å². The molecule has 21 heavy (non-hydrogen) atoms. The Morgan fingerprint density at radius 2 is 2.48 bits per heavy atom. The number of nitrogens with one attached hydrogen (secondary N) is 2. The van der Waals surface area contributed by atoms with Gasteiger partial charge < -0.3 is 10.3 Å². The van der Waals surface area contributed by atoms with Crippen LogP contribution in [0, 0.1) is 0 Å². The highest BCUT2D eigenvalue weighted by atomic mass is 16.1. The summed E-state index contributed by atoms with van der Waals surface area (Å²) in [5.74, 6) is 0.0736. The lowest BCUT2D eigenvalue weighted by atomic mass is 10.2. The van der Waals surface area contributed by atoms with E-state index in [1.54, 1.807) is 6.20 Å². The number of likely N-dealkylation sites (N-methyl/N-ethyl adjacent to an activating group) is 1. The summed E-state index contributed by atoms with van der Waals surface area (Å²) in [4.78, 5) is 21.9. The molecule has 0 spiro atoms. The van der Waals surface area contributed by atoms with Gasteiger partial charge in [0, 0.05) is 29.9 Å². The van der Waals surface area contributed by atoms with E-state index in [9.17, 15) is 4.79 Å². The van der Waals surface area contributed by atoms with E-state index < -0.39 is 0 Å². The normalized spacial score (nSPS) is 19.2. The van der Waals surface area contributed by atoms with Crippen molar-refractivity contribution in [3.05, 3.63) is 30.1 Å². The number of nitrogens with zero attached hydrogens (tertiary/aromatic N) is 2. The molecule has 112 valence electrons. The molecule has 0 saturated carbocycles. The van der Waals surface area contributed by atoms with E-state index in [-0.39, 0.29) is 5.91 Å². The van der Waals surface area contributed by atoms with Gasteiger partial charge in [-0.15, -0.1) is 0 Å². The van der Waals surface area contributed by atoms with E-state index in [4.69, 9.17) is 0 Å². The van der Waals surface area contributed by atoms with Gasteiger partial charge in [-0.3, -0.25) is 9.69 Å². The number of H-pyrrole nitrogens is 1. The van der Waals surface area contributed by atoms with E-state index in [1.165, 1.54) is 12.8 Å². The Morgan fingerprint density at radius 3 is 3.29 bits per heavy atom. The van der Waals surface area contributed by atoms with Crippen molar-refractivity contribution in [2.75, 3.05) is 19.6 Å². The first-order valence-electron chi connectivity index (χ1n) is 7.69. The van der Waals surface area contributed by atoms with Crippen molar-refractivity contribution in [1.82, 2.24) is 20.2 Å². The van der Waals surface area contributed by atoms with Crippen molar-refractivity contribution < 1.29 is 4.79 Å². The zero-order valence-corrected chi connectivity index (χ0v) is 12.4. The number of rotatable bonds is 5. The van der Waals surface area contributed by atoms with Gasteiger partial charge in [0.1, 0.15) is 5.65 Å². The molecule has 5 heteroatoms. The number of hydrogen-bond acceptors (Lipinski definition) is 3. The molecule has 0 bridgehead atoms. The van der Waals surface area contributed by atoms with Crippen LogP contribution in [0.1, 0.15) is 25.5 Å². The molecule has 1 unspecified atom stereocenters. The fourth-order valence-corrected chi connectivity index (χ4v) is 3.12. The van der Waals surface area contributed by atoms with Crippen LogP contribution in [0.3, 0.4) is 0 Å². The Bertz CT molecular complexity index is 589. The fraction of sp³-hybridized carbons (Fsp3) is 0.500. The van der Waals surface area contributed by atoms with Crippen LogP contribution in [0.2, 0.25) is 0 Å². The third-order valence-corrected chi connectivity index (χ3v) is 4.24. The summed E-state index contributed by atoms with van der Waals surface area (Å²) < 4.78 is 0. The fourth-order valence-electron chi connectivity index (χ4n) is 3.12. The molecule has 1 saturated heterocycles. The lowest BCUT2D eigenvalue weighted by molar-refractivity contribution is -0.120. The molecule has 2 aromatic heterocycles. The minimum Gasteiger partial charge on any atom is -0.354 e. The molecule has 3 rings (SSSR count). The number of aromatic nitrogens is 2. The summed E-state index contributed by atoms with van der Waals surface area (Å²) in [6.45, 7) is 5.15. The Labute approximate surface area is 124 Å². The average Bonchev–Trinajstić information content (AvgIpc) is 3.10. The molecule has 5 nitrogen and oxygen atoms in total. The lowest BCUT2D eigenvalue weighted by Crippen LogP contribution is -2.40. The molecule has 2 aromatic rings. The van der Waals surface area contributed by atoms with Crippen molar-refractivity contribution in [2.24, 2.45) is 0 Å². The number of carbonyl (C=O) groups is 1. The van der Waals surface area contributed by atoms with Crippen LogP contribution in [-0.2, 0) is 11.2 Å². The number of aromatic amines is 1. The van der Waals surface area contributed by atoms with Gasteiger partial charge in [-0.05, 0) is 44.1 Å². The zero-order chi connectivity index (χ0) is 14.7. The molecule has 1 amide bonds. The second-order valence-electron chi connectivity index (χ2n) is 5.64. The van der Waals surface area contributed by atoms with Gasteiger partial charge in [0.05, 0.1) is 6.42 Å². The predicted molar refractivity (Wildman–Crippen MR) is 83.1 cm³/mol. The second kappa shape index (κ2) is 6.26. The Kier molecular flexibility index (Phi) is 4.20. The summed E-state index contributed by atoms with van der Waals surface area (Å²) in [5, 5.41) is 4.11. The first-order valence-corrected chi connectivity index (χ1v) is 7.69. The molecule has 1 aliphatic rings. The first kappa shape index (κ1) is 14.1. The molecular formula is C16H22N4O. The highest BCUT2D eigenvalue weighted by Crippen LogP contribution is 2.16. The van der Waals surface area contributed by atoms with Crippen LogP contribution in [-0.4, -0.2) is 46.5 Å². The average molecular weight is 286 g/mol. The number of carbonyl (C=O) groups excluding carboxylic acids is 1. The molecule has 0 aliphatic carbocycles. The molecule has 0 aromatic carbocycles. The van der Waals surface area contributed by atoms with Crippen molar-refractivity contribution in [2.45, 2.75) is 32.2 Å². The van der Waals surface area contributed by atoms with Crippen LogP contribution >= 0.6 is 0 Å². The van der Waals surface area contributed by atoms with Crippen molar-refractivity contribution in [1.29, 1.82) is 0 Å². The van der Waals surface area contributed by atoms with Crippen molar-refractivity contribution in [3.63, 3.8) is 0 Å². The van der Waals surface area contributed by atoms with Gasteiger partial charge in [0.25, 0.3) is 0 Å². The van der Waals surface area contributed by atoms with Crippen LogP contribution in [0.15, 0.2) is 24.4 Å². The van der Waals surface area contributed by atoms with Crippen LogP contribution in [0.5, 0.6) is 0 Å². The molecule has 2 N–H and O–H groups in total. The molecule has 1 fully saturated rings. The standard InChI is InChI=1S/C16H22N4O/c1-2-20-8-4-6-14(20)11-18-15(21)10-13-9-12-5-3-7-17-16(12)19-13/h3,5,7,9,14H,2,4,6,8,10-11H2,1H3,(H,17,19)(H,18,21). The molecular weight excluding hydrogens is 264 g/mol. The van der Waals surface area contributed by atoms with Gasteiger partial charge in [0.2, 0.25) is 5.91 Å². The third-order valence-electron chi connectivity index (χ3n) is 4.24. The van der Waals surface area contributed by atoms with Crippen LogP contribution in [0.25, 0.3) is 11.0 Å². The number of fused-ring (bicyclic) bond motifs is 1. The quantitative estimate of drug-likeness (QED) is 0.879. The van der Waals surface area contributed by atoms with E-state index >= 15 is 0 Å². The number of pyridine rings is 1. The van der Waals surface area contributed by atoms with Crippen LogP contribution in [0.4, 0.5) is 0 Å².